The summed E-state index contributed by atoms with van der Waals surface area (Å²) in [7, 11) is -4.14. The second kappa shape index (κ2) is 7.83. The first kappa shape index (κ1) is 21.6. The number of nitrogens with zero attached hydrogens (tertiary/aromatic N) is 1. The number of hydrogen-bond acceptors (Lipinski definition) is 4. The average Bonchev–Trinajstić information content (AvgIpc) is 2.72. The number of carbonyl (C=O) groups excluding carboxylic acids is 1. The van der Waals surface area contributed by atoms with Crippen LogP contribution in [-0.2, 0) is 21.0 Å². The van der Waals surface area contributed by atoms with Crippen LogP contribution in [0.1, 0.15) is 31.2 Å². The van der Waals surface area contributed by atoms with Crippen molar-refractivity contribution in [1.29, 1.82) is 0 Å². The van der Waals surface area contributed by atoms with E-state index in [0.717, 1.165) is 22.5 Å². The van der Waals surface area contributed by atoms with Crippen molar-refractivity contribution >= 4 is 21.6 Å². The highest BCUT2D eigenvalue weighted by atomic mass is 32.2. The zero-order valence-electron chi connectivity index (χ0n) is 16.4. The van der Waals surface area contributed by atoms with Crippen molar-refractivity contribution in [3.63, 3.8) is 0 Å². The number of sulfonamides is 1. The van der Waals surface area contributed by atoms with Crippen LogP contribution in [0.15, 0.2) is 47.4 Å². The molecule has 0 radical (unpaired) electrons. The Kier molecular flexibility index (Phi) is 5.47. The minimum atomic E-state index is -4.59. The Morgan fingerprint density at radius 3 is 2.42 bits per heavy atom. The first-order chi connectivity index (χ1) is 14.6. The van der Waals surface area contributed by atoms with Crippen LogP contribution in [0.3, 0.4) is 0 Å². The van der Waals surface area contributed by atoms with Gasteiger partial charge in [0.05, 0.1) is 22.3 Å². The Labute approximate surface area is 177 Å². The molecule has 31 heavy (non-hydrogen) atoms. The summed E-state index contributed by atoms with van der Waals surface area (Å²) in [5.74, 6) is -0.546. The largest absolute Gasteiger partial charge is 0.416 e. The molecule has 0 unspecified atom stereocenters. The summed E-state index contributed by atoms with van der Waals surface area (Å²) in [5.41, 5.74) is -0.596. The number of aliphatic hydroxyl groups excluding tert-OH is 1. The predicted octanol–water partition coefficient (Wildman–Crippen LogP) is 3.30. The van der Waals surface area contributed by atoms with Crippen LogP contribution < -0.4 is 9.62 Å². The maximum atomic E-state index is 13.3. The fourth-order valence-corrected chi connectivity index (χ4v) is 5.75. The topological polar surface area (TPSA) is 86.7 Å². The van der Waals surface area contributed by atoms with Gasteiger partial charge in [-0.1, -0.05) is 18.2 Å². The summed E-state index contributed by atoms with van der Waals surface area (Å²) in [5, 5.41) is 12.4. The summed E-state index contributed by atoms with van der Waals surface area (Å²) in [6, 6.07) is 8.46. The lowest BCUT2D eigenvalue weighted by atomic mass is 9.93. The Hall–Kier alpha value is -2.59. The second-order valence-electron chi connectivity index (χ2n) is 7.81. The molecule has 0 saturated heterocycles. The van der Waals surface area contributed by atoms with Crippen molar-refractivity contribution in [2.45, 2.75) is 48.9 Å². The number of halogens is 3. The molecule has 2 N–H and O–H groups in total. The van der Waals surface area contributed by atoms with E-state index in [2.05, 4.69) is 5.32 Å². The van der Waals surface area contributed by atoms with Crippen molar-refractivity contribution in [1.82, 2.24) is 5.32 Å². The average molecular weight is 454 g/mol. The molecular weight excluding hydrogens is 433 g/mol. The van der Waals surface area contributed by atoms with Gasteiger partial charge in [-0.15, -0.1) is 0 Å². The van der Waals surface area contributed by atoms with Gasteiger partial charge in [-0.2, -0.15) is 13.2 Å². The molecule has 0 aromatic heterocycles. The van der Waals surface area contributed by atoms with E-state index >= 15 is 0 Å². The van der Waals surface area contributed by atoms with Crippen molar-refractivity contribution in [2.75, 3.05) is 10.8 Å². The quantitative estimate of drug-likeness (QED) is 0.745. The summed E-state index contributed by atoms with van der Waals surface area (Å²) in [6.45, 7) is -0.548. The lowest BCUT2D eigenvalue weighted by Crippen LogP contribution is -2.46. The zero-order valence-corrected chi connectivity index (χ0v) is 17.2. The van der Waals surface area contributed by atoms with Crippen LogP contribution in [-0.4, -0.2) is 38.1 Å². The maximum Gasteiger partial charge on any atom is 0.416 e. The summed E-state index contributed by atoms with van der Waals surface area (Å²) < 4.78 is 67.1. The van der Waals surface area contributed by atoms with Gasteiger partial charge in [0.25, 0.3) is 10.0 Å². The third kappa shape index (κ3) is 4.14. The normalized spacial score (nSPS) is 22.4. The zero-order chi connectivity index (χ0) is 22.4. The minimum Gasteiger partial charge on any atom is -0.393 e. The van der Waals surface area contributed by atoms with Crippen LogP contribution in [0.2, 0.25) is 0 Å². The molecule has 166 valence electrons. The van der Waals surface area contributed by atoms with E-state index in [-0.39, 0.29) is 27.8 Å². The van der Waals surface area contributed by atoms with Crippen LogP contribution in [0.25, 0.3) is 11.1 Å². The smallest absolute Gasteiger partial charge is 0.393 e. The number of nitrogens with one attached hydrogen (secondary N) is 1. The molecule has 0 bridgehead atoms. The Morgan fingerprint density at radius 1 is 1.06 bits per heavy atom. The number of benzene rings is 2. The molecule has 2 aliphatic rings. The van der Waals surface area contributed by atoms with Crippen LogP contribution in [0.5, 0.6) is 0 Å². The van der Waals surface area contributed by atoms with E-state index in [9.17, 15) is 31.5 Å². The molecule has 1 saturated carbocycles. The number of fused-ring (bicyclic) bond motifs is 3. The van der Waals surface area contributed by atoms with E-state index in [1.54, 1.807) is 6.07 Å². The standard InChI is InChI=1S/C21H21F3N2O4S/c22-21(23,24)13-5-10-18-17(11-13)16-3-1-2-4-19(16)31(29,30)26(18)12-20(28)25-14-6-8-15(27)9-7-14/h1-5,10-11,14-15,27H,6-9,12H2,(H,25,28). The molecule has 1 amide bonds. The minimum absolute atomic E-state index is 0.0286. The van der Waals surface area contributed by atoms with Crippen molar-refractivity contribution < 1.29 is 31.5 Å². The highest BCUT2D eigenvalue weighted by Crippen LogP contribution is 2.45. The molecule has 2 aromatic carbocycles. The third-order valence-electron chi connectivity index (χ3n) is 5.69. The SMILES string of the molecule is O=C(CN1c2ccc(C(F)(F)F)cc2-c2ccccc2S1(=O)=O)NC1CCC(O)CC1. The van der Waals surface area contributed by atoms with Gasteiger partial charge < -0.3 is 10.4 Å². The number of alkyl halides is 3. The molecule has 4 rings (SSSR count). The van der Waals surface area contributed by atoms with E-state index < -0.39 is 40.3 Å². The third-order valence-corrected chi connectivity index (χ3v) is 7.50. The molecule has 0 atom stereocenters. The molecule has 1 aliphatic heterocycles. The lowest BCUT2D eigenvalue weighted by molar-refractivity contribution is -0.137. The summed E-state index contributed by atoms with van der Waals surface area (Å²) in [6.07, 6.45) is -2.75. The number of anilines is 1. The van der Waals surface area contributed by atoms with Gasteiger partial charge in [0.15, 0.2) is 0 Å². The van der Waals surface area contributed by atoms with E-state index in [0.29, 0.717) is 25.7 Å². The monoisotopic (exact) mass is 454 g/mol. The molecule has 0 spiro atoms. The van der Waals surface area contributed by atoms with Crippen molar-refractivity contribution in [3.05, 3.63) is 48.0 Å². The fraction of sp³-hybridized carbons (Fsp3) is 0.381. The molecule has 2 aromatic rings. The first-order valence-corrected chi connectivity index (χ1v) is 11.3. The lowest BCUT2D eigenvalue weighted by Gasteiger charge is -2.33. The van der Waals surface area contributed by atoms with E-state index in [1.165, 1.54) is 18.2 Å². The molecule has 1 aliphatic carbocycles. The van der Waals surface area contributed by atoms with Gasteiger partial charge >= 0.3 is 6.18 Å². The van der Waals surface area contributed by atoms with Crippen molar-refractivity contribution in [3.8, 4) is 11.1 Å². The Balaban J connectivity index is 1.69. The van der Waals surface area contributed by atoms with Gasteiger partial charge in [-0.3, -0.25) is 9.10 Å². The van der Waals surface area contributed by atoms with Crippen LogP contribution in [0.4, 0.5) is 18.9 Å². The predicted molar refractivity (Wildman–Crippen MR) is 108 cm³/mol. The molecule has 1 heterocycles. The molecular formula is C21H21F3N2O4S. The van der Waals surface area contributed by atoms with Gasteiger partial charge in [0, 0.05) is 17.2 Å². The number of aliphatic hydroxyl groups is 1. The highest BCUT2D eigenvalue weighted by Gasteiger charge is 2.38. The van der Waals surface area contributed by atoms with Crippen molar-refractivity contribution in [2.24, 2.45) is 0 Å². The number of carbonyl (C=O) groups is 1. The molecule has 10 heteroatoms. The van der Waals surface area contributed by atoms with Crippen LogP contribution in [0, 0.1) is 0 Å². The number of rotatable bonds is 3. The first-order valence-electron chi connectivity index (χ1n) is 9.88. The molecule has 1 fully saturated rings. The van der Waals surface area contributed by atoms with E-state index in [1.807, 2.05) is 0 Å². The highest BCUT2D eigenvalue weighted by molar-refractivity contribution is 7.93. The van der Waals surface area contributed by atoms with Gasteiger partial charge in [0.2, 0.25) is 5.91 Å². The van der Waals surface area contributed by atoms with Gasteiger partial charge in [-0.05, 0) is 49.9 Å². The summed E-state index contributed by atoms with van der Waals surface area (Å²) in [4.78, 5) is 12.5. The van der Waals surface area contributed by atoms with Gasteiger partial charge in [0.1, 0.15) is 6.54 Å². The Morgan fingerprint density at radius 2 is 1.74 bits per heavy atom. The second-order valence-corrected chi connectivity index (χ2v) is 9.64. The molecule has 6 nitrogen and oxygen atoms in total. The van der Waals surface area contributed by atoms with E-state index in [4.69, 9.17) is 0 Å². The summed E-state index contributed by atoms with van der Waals surface area (Å²) >= 11 is 0. The van der Waals surface area contributed by atoms with Gasteiger partial charge in [-0.25, -0.2) is 8.42 Å². The maximum absolute atomic E-state index is 13.3. The number of hydrogen-bond donors (Lipinski definition) is 2. The fourth-order valence-electron chi connectivity index (χ4n) is 4.10. The number of amides is 1. The van der Waals surface area contributed by atoms with Crippen LogP contribution >= 0.6 is 0 Å². The Bertz CT molecular complexity index is 1110.